The lowest BCUT2D eigenvalue weighted by molar-refractivity contribution is 0.594. The van der Waals surface area contributed by atoms with E-state index in [0.29, 0.717) is 5.39 Å². The number of pyridine rings is 1. The highest BCUT2D eigenvalue weighted by atomic mass is 32.2. The van der Waals surface area contributed by atoms with Crippen molar-refractivity contribution >= 4 is 20.9 Å². The standard InChI is InChI=1S/C15H13N3O3S/c1-10-4-6-11(7-5-10)22(20,21)9-13-17-14-12(15(19)18-13)3-2-8-16-14/h2-8H,9H2,1H3,(H,16,17,18,19). The molecule has 112 valence electrons. The monoisotopic (exact) mass is 315 g/mol. The molecule has 0 saturated heterocycles. The van der Waals surface area contributed by atoms with Crippen LogP contribution in [0.15, 0.2) is 52.3 Å². The average Bonchev–Trinajstić information content (AvgIpc) is 2.47. The molecule has 2 aromatic heterocycles. The fourth-order valence-electron chi connectivity index (χ4n) is 2.09. The van der Waals surface area contributed by atoms with Crippen molar-refractivity contribution in [3.63, 3.8) is 0 Å². The lowest BCUT2D eigenvalue weighted by atomic mass is 10.2. The second kappa shape index (κ2) is 5.34. The molecule has 0 unspecified atom stereocenters. The third kappa shape index (κ3) is 2.75. The fourth-order valence-corrected chi connectivity index (χ4v) is 3.31. The summed E-state index contributed by atoms with van der Waals surface area (Å²) in [4.78, 5) is 22.7. The highest BCUT2D eigenvalue weighted by molar-refractivity contribution is 7.90. The van der Waals surface area contributed by atoms with E-state index in [-0.39, 0.29) is 22.1 Å². The van der Waals surface area contributed by atoms with Gasteiger partial charge in [-0.15, -0.1) is 0 Å². The van der Waals surface area contributed by atoms with Crippen molar-refractivity contribution in [2.45, 2.75) is 17.6 Å². The van der Waals surface area contributed by atoms with Gasteiger partial charge in [-0.2, -0.15) is 0 Å². The molecule has 1 aromatic carbocycles. The lowest BCUT2D eigenvalue weighted by Crippen LogP contribution is -2.16. The van der Waals surface area contributed by atoms with E-state index in [9.17, 15) is 13.2 Å². The van der Waals surface area contributed by atoms with Gasteiger partial charge in [-0.3, -0.25) is 4.79 Å². The normalized spacial score (nSPS) is 11.7. The zero-order chi connectivity index (χ0) is 15.7. The van der Waals surface area contributed by atoms with Gasteiger partial charge >= 0.3 is 0 Å². The Morgan fingerprint density at radius 3 is 2.59 bits per heavy atom. The average molecular weight is 315 g/mol. The molecule has 0 saturated carbocycles. The third-order valence-corrected chi connectivity index (χ3v) is 4.88. The van der Waals surface area contributed by atoms with Crippen LogP contribution in [0, 0.1) is 6.92 Å². The number of fused-ring (bicyclic) bond motifs is 1. The van der Waals surface area contributed by atoms with E-state index in [1.807, 2.05) is 6.92 Å². The van der Waals surface area contributed by atoms with E-state index < -0.39 is 15.4 Å². The summed E-state index contributed by atoms with van der Waals surface area (Å²) in [6, 6.07) is 9.76. The zero-order valence-electron chi connectivity index (χ0n) is 11.8. The van der Waals surface area contributed by atoms with Gasteiger partial charge in [0.1, 0.15) is 11.6 Å². The molecule has 0 amide bonds. The van der Waals surface area contributed by atoms with Crippen LogP contribution in [0.5, 0.6) is 0 Å². The van der Waals surface area contributed by atoms with Crippen LogP contribution in [0.2, 0.25) is 0 Å². The molecule has 3 rings (SSSR count). The highest BCUT2D eigenvalue weighted by Gasteiger charge is 2.17. The number of nitrogens with zero attached hydrogens (tertiary/aromatic N) is 2. The van der Waals surface area contributed by atoms with E-state index in [1.165, 1.54) is 6.20 Å². The lowest BCUT2D eigenvalue weighted by Gasteiger charge is -2.05. The van der Waals surface area contributed by atoms with Crippen molar-refractivity contribution in [1.82, 2.24) is 15.0 Å². The number of hydrogen-bond donors (Lipinski definition) is 1. The van der Waals surface area contributed by atoms with Crippen LogP contribution >= 0.6 is 0 Å². The van der Waals surface area contributed by atoms with E-state index in [1.54, 1.807) is 36.4 Å². The van der Waals surface area contributed by atoms with Crippen molar-refractivity contribution in [2.75, 3.05) is 0 Å². The maximum Gasteiger partial charge on any atom is 0.260 e. The molecule has 0 atom stereocenters. The van der Waals surface area contributed by atoms with Crippen LogP contribution in [0.1, 0.15) is 11.4 Å². The number of aromatic amines is 1. The number of nitrogens with one attached hydrogen (secondary N) is 1. The molecule has 0 spiro atoms. The van der Waals surface area contributed by atoms with Crippen LogP contribution in [0.25, 0.3) is 11.0 Å². The molecular formula is C15H13N3O3S. The van der Waals surface area contributed by atoms with Crippen molar-refractivity contribution in [3.05, 3.63) is 64.3 Å². The summed E-state index contributed by atoms with van der Waals surface area (Å²) in [7, 11) is -3.58. The largest absolute Gasteiger partial charge is 0.309 e. The highest BCUT2D eigenvalue weighted by Crippen LogP contribution is 2.15. The third-order valence-electron chi connectivity index (χ3n) is 3.24. The van der Waals surface area contributed by atoms with Gasteiger partial charge in [0.25, 0.3) is 5.56 Å². The molecule has 0 aliphatic carbocycles. The summed E-state index contributed by atoms with van der Waals surface area (Å²) in [6.45, 7) is 1.88. The Bertz CT molecular complexity index is 992. The first kappa shape index (κ1) is 14.4. The van der Waals surface area contributed by atoms with Crippen LogP contribution in [-0.2, 0) is 15.6 Å². The number of rotatable bonds is 3. The van der Waals surface area contributed by atoms with Gasteiger partial charge in [0.2, 0.25) is 0 Å². The molecule has 2 heterocycles. The summed E-state index contributed by atoms with van der Waals surface area (Å²) in [5.74, 6) is -0.297. The van der Waals surface area contributed by atoms with Gasteiger partial charge in [-0.05, 0) is 31.2 Å². The zero-order valence-corrected chi connectivity index (χ0v) is 12.6. The molecule has 0 radical (unpaired) electrons. The second-order valence-electron chi connectivity index (χ2n) is 4.96. The second-order valence-corrected chi connectivity index (χ2v) is 6.95. The molecular weight excluding hydrogens is 302 g/mol. The van der Waals surface area contributed by atoms with Gasteiger partial charge in [0.15, 0.2) is 15.5 Å². The van der Waals surface area contributed by atoms with Crippen LogP contribution < -0.4 is 5.56 Å². The Labute approximate surface area is 126 Å². The minimum atomic E-state index is -3.58. The first-order chi connectivity index (χ1) is 10.5. The maximum atomic E-state index is 12.4. The number of sulfone groups is 1. The van der Waals surface area contributed by atoms with Gasteiger partial charge in [-0.1, -0.05) is 17.7 Å². The first-order valence-corrected chi connectivity index (χ1v) is 8.24. The SMILES string of the molecule is Cc1ccc(S(=O)(=O)Cc2nc3ncccc3c(=O)[nH]2)cc1. The summed E-state index contributed by atoms with van der Waals surface area (Å²) in [5, 5.41) is 0.332. The van der Waals surface area contributed by atoms with E-state index in [2.05, 4.69) is 15.0 Å². The molecule has 22 heavy (non-hydrogen) atoms. The molecule has 6 nitrogen and oxygen atoms in total. The van der Waals surface area contributed by atoms with Gasteiger partial charge in [0.05, 0.1) is 10.3 Å². The van der Waals surface area contributed by atoms with Crippen LogP contribution in [0.3, 0.4) is 0 Å². The summed E-state index contributed by atoms with van der Waals surface area (Å²) in [6.07, 6.45) is 1.51. The van der Waals surface area contributed by atoms with E-state index in [4.69, 9.17) is 0 Å². The Kier molecular flexibility index (Phi) is 3.50. The Hall–Kier alpha value is -2.54. The summed E-state index contributed by atoms with van der Waals surface area (Å²) >= 11 is 0. The molecule has 7 heteroatoms. The predicted octanol–water partition coefficient (Wildman–Crippen LogP) is 1.60. The minimum Gasteiger partial charge on any atom is -0.309 e. The van der Waals surface area contributed by atoms with Crippen molar-refractivity contribution in [3.8, 4) is 0 Å². The fraction of sp³-hybridized carbons (Fsp3) is 0.133. The Morgan fingerprint density at radius 1 is 1.14 bits per heavy atom. The number of aryl methyl sites for hydroxylation is 1. The topological polar surface area (TPSA) is 92.8 Å². The van der Waals surface area contributed by atoms with Gasteiger partial charge < -0.3 is 4.98 Å². The molecule has 0 fully saturated rings. The van der Waals surface area contributed by atoms with Gasteiger partial charge in [-0.25, -0.2) is 18.4 Å². The molecule has 0 aliphatic heterocycles. The molecule has 0 aliphatic rings. The van der Waals surface area contributed by atoms with Gasteiger partial charge in [0, 0.05) is 6.20 Å². The smallest absolute Gasteiger partial charge is 0.260 e. The van der Waals surface area contributed by atoms with Crippen molar-refractivity contribution < 1.29 is 8.42 Å². The van der Waals surface area contributed by atoms with Crippen LogP contribution in [-0.4, -0.2) is 23.4 Å². The maximum absolute atomic E-state index is 12.4. The number of hydrogen-bond acceptors (Lipinski definition) is 5. The van der Waals surface area contributed by atoms with E-state index in [0.717, 1.165) is 5.56 Å². The van der Waals surface area contributed by atoms with Crippen LogP contribution in [0.4, 0.5) is 0 Å². The molecule has 3 aromatic rings. The molecule has 0 bridgehead atoms. The Morgan fingerprint density at radius 2 is 1.86 bits per heavy atom. The van der Waals surface area contributed by atoms with E-state index >= 15 is 0 Å². The number of aromatic nitrogens is 3. The number of benzene rings is 1. The number of H-pyrrole nitrogens is 1. The van der Waals surface area contributed by atoms with Crippen molar-refractivity contribution in [1.29, 1.82) is 0 Å². The first-order valence-electron chi connectivity index (χ1n) is 6.59. The minimum absolute atomic E-state index is 0.0803. The Balaban J connectivity index is 2.02. The predicted molar refractivity (Wildman–Crippen MR) is 82.2 cm³/mol. The van der Waals surface area contributed by atoms with Crippen molar-refractivity contribution in [2.24, 2.45) is 0 Å². The molecule has 1 N–H and O–H groups in total. The summed E-state index contributed by atoms with van der Waals surface area (Å²) < 4.78 is 24.8. The summed E-state index contributed by atoms with van der Waals surface area (Å²) in [5.41, 5.74) is 0.813. The quantitative estimate of drug-likeness (QED) is 0.792.